The average Bonchev–Trinajstić information content (AvgIpc) is 2.81. The van der Waals surface area contributed by atoms with Gasteiger partial charge in [0.1, 0.15) is 0 Å². The summed E-state index contributed by atoms with van der Waals surface area (Å²) in [6.07, 6.45) is 1.53. The molecule has 0 unspecified atom stereocenters. The number of anilines is 1. The first kappa shape index (κ1) is 12.5. The van der Waals surface area contributed by atoms with E-state index in [9.17, 15) is 8.42 Å². The highest BCUT2D eigenvalue weighted by Crippen LogP contribution is 2.15. The number of hydrogen-bond acceptors (Lipinski definition) is 5. The molecular weight excluding hydrogens is 270 g/mol. The molecule has 0 radical (unpaired) electrons. The van der Waals surface area contributed by atoms with Gasteiger partial charge < -0.3 is 0 Å². The number of benzene rings is 1. The van der Waals surface area contributed by atoms with Crippen molar-refractivity contribution in [2.75, 3.05) is 4.72 Å². The summed E-state index contributed by atoms with van der Waals surface area (Å²) in [5.41, 5.74) is 1.13. The lowest BCUT2D eigenvalue weighted by atomic mass is 10.2. The van der Waals surface area contributed by atoms with Crippen molar-refractivity contribution in [3.63, 3.8) is 0 Å². The van der Waals surface area contributed by atoms with Gasteiger partial charge in [0.05, 0.1) is 17.4 Å². The zero-order chi connectivity index (χ0) is 13.0. The Balaban J connectivity index is 2.10. The number of hydrogen-bond donors (Lipinski definition) is 1. The van der Waals surface area contributed by atoms with Crippen LogP contribution in [0.5, 0.6) is 0 Å². The smallest absolute Gasteiger partial charge is 0.238 e. The molecule has 0 spiro atoms. The Labute approximate surface area is 109 Å². The van der Waals surface area contributed by atoms with Crippen LogP contribution in [-0.4, -0.2) is 13.4 Å². The molecule has 1 aromatic carbocycles. The molecule has 0 bridgehead atoms. The summed E-state index contributed by atoms with van der Waals surface area (Å²) in [5, 5.41) is 10.7. The first-order valence-electron chi connectivity index (χ1n) is 4.98. The van der Waals surface area contributed by atoms with Gasteiger partial charge in [0.15, 0.2) is 5.13 Å². The number of rotatable bonds is 4. The van der Waals surface area contributed by atoms with Crippen LogP contribution >= 0.6 is 11.3 Å². The van der Waals surface area contributed by atoms with E-state index >= 15 is 0 Å². The van der Waals surface area contributed by atoms with Crippen LogP contribution in [0.15, 0.2) is 35.8 Å². The highest BCUT2D eigenvalue weighted by Gasteiger charge is 2.12. The lowest BCUT2D eigenvalue weighted by Crippen LogP contribution is -2.14. The van der Waals surface area contributed by atoms with Crippen molar-refractivity contribution >= 4 is 26.5 Å². The second-order valence-corrected chi connectivity index (χ2v) is 6.12. The van der Waals surface area contributed by atoms with Crippen LogP contribution in [0.25, 0.3) is 0 Å². The Morgan fingerprint density at radius 3 is 2.61 bits per heavy atom. The molecule has 92 valence electrons. The van der Waals surface area contributed by atoms with Gasteiger partial charge in [0.2, 0.25) is 10.0 Å². The van der Waals surface area contributed by atoms with Crippen LogP contribution in [0.2, 0.25) is 0 Å². The summed E-state index contributed by atoms with van der Waals surface area (Å²) in [7, 11) is -3.46. The molecule has 1 heterocycles. The molecular formula is C11H9N3O2S2. The van der Waals surface area contributed by atoms with Crippen molar-refractivity contribution in [3.8, 4) is 6.07 Å². The van der Waals surface area contributed by atoms with Gasteiger partial charge in [-0.15, -0.1) is 11.3 Å². The lowest BCUT2D eigenvalue weighted by Gasteiger charge is -2.05. The first-order valence-corrected chi connectivity index (χ1v) is 7.51. The van der Waals surface area contributed by atoms with E-state index in [1.807, 2.05) is 6.07 Å². The van der Waals surface area contributed by atoms with E-state index in [1.165, 1.54) is 17.5 Å². The Morgan fingerprint density at radius 1 is 1.33 bits per heavy atom. The minimum absolute atomic E-state index is 0.141. The monoisotopic (exact) mass is 279 g/mol. The number of sulfonamides is 1. The number of aromatic nitrogens is 1. The summed E-state index contributed by atoms with van der Waals surface area (Å²) >= 11 is 1.22. The Hall–Kier alpha value is -1.91. The number of nitriles is 1. The third kappa shape index (κ3) is 3.29. The summed E-state index contributed by atoms with van der Waals surface area (Å²) in [6.45, 7) is 0. The van der Waals surface area contributed by atoms with E-state index in [4.69, 9.17) is 5.26 Å². The van der Waals surface area contributed by atoms with E-state index in [1.54, 1.807) is 29.6 Å². The van der Waals surface area contributed by atoms with Crippen molar-refractivity contribution in [2.24, 2.45) is 0 Å². The van der Waals surface area contributed by atoms with Gasteiger partial charge in [-0.25, -0.2) is 13.4 Å². The second-order valence-electron chi connectivity index (χ2n) is 3.51. The van der Waals surface area contributed by atoms with Crippen LogP contribution in [0.4, 0.5) is 5.13 Å². The van der Waals surface area contributed by atoms with Gasteiger partial charge in [-0.3, -0.25) is 4.72 Å². The van der Waals surface area contributed by atoms with Crippen LogP contribution in [0.1, 0.15) is 11.1 Å². The zero-order valence-corrected chi connectivity index (χ0v) is 10.8. The Kier molecular flexibility index (Phi) is 3.60. The summed E-state index contributed by atoms with van der Waals surface area (Å²) < 4.78 is 26.0. The van der Waals surface area contributed by atoms with Gasteiger partial charge in [-0.1, -0.05) is 12.1 Å². The predicted molar refractivity (Wildman–Crippen MR) is 69.5 cm³/mol. The minimum Gasteiger partial charge on any atom is -0.258 e. The summed E-state index contributed by atoms with van der Waals surface area (Å²) in [5.74, 6) is -0.141. The maximum absolute atomic E-state index is 11.8. The molecule has 0 saturated heterocycles. The largest absolute Gasteiger partial charge is 0.258 e. The maximum atomic E-state index is 11.8. The number of thiazole rings is 1. The molecule has 2 rings (SSSR count). The van der Waals surface area contributed by atoms with Gasteiger partial charge in [-0.2, -0.15) is 5.26 Å². The predicted octanol–water partition coefficient (Wildman–Crippen LogP) is 1.96. The second kappa shape index (κ2) is 5.16. The fraction of sp³-hybridized carbons (Fsp3) is 0.0909. The summed E-state index contributed by atoms with van der Waals surface area (Å²) in [4.78, 5) is 3.86. The molecule has 1 N–H and O–H groups in total. The van der Waals surface area contributed by atoms with Crippen molar-refractivity contribution in [1.29, 1.82) is 5.26 Å². The molecule has 0 aliphatic carbocycles. The lowest BCUT2D eigenvalue weighted by molar-refractivity contribution is 0.600. The molecule has 2 aromatic rings. The van der Waals surface area contributed by atoms with Crippen molar-refractivity contribution < 1.29 is 8.42 Å². The zero-order valence-electron chi connectivity index (χ0n) is 9.20. The normalized spacial score (nSPS) is 10.8. The average molecular weight is 279 g/mol. The third-order valence-electron chi connectivity index (χ3n) is 2.11. The van der Waals surface area contributed by atoms with Crippen molar-refractivity contribution in [2.45, 2.75) is 5.75 Å². The van der Waals surface area contributed by atoms with Crippen LogP contribution < -0.4 is 4.72 Å². The first-order chi connectivity index (χ1) is 8.59. The minimum atomic E-state index is -3.46. The van der Waals surface area contributed by atoms with E-state index in [-0.39, 0.29) is 5.75 Å². The quantitative estimate of drug-likeness (QED) is 0.927. The molecule has 5 nitrogen and oxygen atoms in total. The van der Waals surface area contributed by atoms with Gasteiger partial charge in [-0.05, 0) is 17.7 Å². The molecule has 0 aliphatic rings. The van der Waals surface area contributed by atoms with Crippen LogP contribution in [-0.2, 0) is 15.8 Å². The van der Waals surface area contributed by atoms with E-state index < -0.39 is 10.0 Å². The van der Waals surface area contributed by atoms with Gasteiger partial charge in [0.25, 0.3) is 0 Å². The molecule has 7 heteroatoms. The number of nitrogens with one attached hydrogen (secondary N) is 1. The van der Waals surface area contributed by atoms with Gasteiger partial charge >= 0.3 is 0 Å². The molecule has 0 aliphatic heterocycles. The topological polar surface area (TPSA) is 82.8 Å². The molecule has 0 amide bonds. The highest BCUT2D eigenvalue weighted by atomic mass is 32.2. The highest BCUT2D eigenvalue weighted by molar-refractivity contribution is 7.92. The van der Waals surface area contributed by atoms with E-state index in [2.05, 4.69) is 9.71 Å². The molecule has 0 fully saturated rings. The van der Waals surface area contributed by atoms with E-state index in [0.717, 1.165) is 0 Å². The standard InChI is InChI=1S/C11H9N3O2S2/c12-7-9-1-3-10(4-2-9)8-18(15,16)14-11-13-5-6-17-11/h1-6H,8H2,(H,13,14). The van der Waals surface area contributed by atoms with Crippen molar-refractivity contribution in [1.82, 2.24) is 4.98 Å². The maximum Gasteiger partial charge on any atom is 0.238 e. The Morgan fingerprint density at radius 2 is 2.06 bits per heavy atom. The van der Waals surface area contributed by atoms with Gasteiger partial charge in [0, 0.05) is 11.6 Å². The Bertz CT molecular complexity index is 655. The summed E-state index contributed by atoms with van der Waals surface area (Å²) in [6, 6.07) is 8.41. The van der Waals surface area contributed by atoms with Crippen molar-refractivity contribution in [3.05, 3.63) is 47.0 Å². The SMILES string of the molecule is N#Cc1ccc(CS(=O)(=O)Nc2nccs2)cc1. The fourth-order valence-corrected chi connectivity index (χ4v) is 3.31. The molecule has 0 saturated carbocycles. The molecule has 18 heavy (non-hydrogen) atoms. The molecule has 1 aromatic heterocycles. The molecule has 0 atom stereocenters. The van der Waals surface area contributed by atoms with Crippen LogP contribution in [0, 0.1) is 11.3 Å². The number of nitrogens with zero attached hydrogens (tertiary/aromatic N) is 2. The fourth-order valence-electron chi connectivity index (χ4n) is 1.34. The third-order valence-corrected chi connectivity index (χ3v) is 4.15. The van der Waals surface area contributed by atoms with Crippen LogP contribution in [0.3, 0.4) is 0 Å². The van der Waals surface area contributed by atoms with E-state index in [0.29, 0.717) is 16.3 Å².